The first-order valence-electron chi connectivity index (χ1n) is 4.83. The second-order valence-electron chi connectivity index (χ2n) is 4.70. The molecule has 0 aromatic carbocycles. The van der Waals surface area contributed by atoms with Crippen molar-refractivity contribution in [3.05, 3.63) is 16.0 Å². The van der Waals surface area contributed by atoms with Crippen LogP contribution in [0.1, 0.15) is 36.3 Å². The van der Waals surface area contributed by atoms with Gasteiger partial charge >= 0.3 is 0 Å². The van der Waals surface area contributed by atoms with Gasteiger partial charge in [0.15, 0.2) is 0 Å². The summed E-state index contributed by atoms with van der Waals surface area (Å²) in [6.07, 6.45) is 3.28. The Kier molecular flexibility index (Phi) is 2.04. The summed E-state index contributed by atoms with van der Waals surface area (Å²) in [7, 11) is 0. The largest absolute Gasteiger partial charge is 0.389 e. The van der Waals surface area contributed by atoms with Gasteiger partial charge in [-0.15, -0.1) is 11.3 Å². The van der Waals surface area contributed by atoms with Gasteiger partial charge in [0.1, 0.15) is 11.1 Å². The molecule has 0 amide bonds. The molecule has 0 saturated carbocycles. The third kappa shape index (κ3) is 1.40. The summed E-state index contributed by atoms with van der Waals surface area (Å²) in [6, 6.07) is 2.23. The Hall–Kier alpha value is -1.01. The molecule has 0 fully saturated rings. The number of nitrogens with two attached hydrogens (primary N) is 1. The van der Waals surface area contributed by atoms with E-state index in [1.807, 2.05) is 0 Å². The van der Waals surface area contributed by atoms with E-state index >= 15 is 0 Å². The van der Waals surface area contributed by atoms with Crippen molar-refractivity contribution in [1.29, 1.82) is 5.26 Å². The lowest BCUT2D eigenvalue weighted by Crippen LogP contribution is -2.21. The van der Waals surface area contributed by atoms with Crippen molar-refractivity contribution in [2.45, 2.75) is 33.1 Å². The fourth-order valence-electron chi connectivity index (χ4n) is 2.06. The van der Waals surface area contributed by atoms with Gasteiger partial charge in [-0.1, -0.05) is 13.8 Å². The maximum atomic E-state index is 9.01. The van der Waals surface area contributed by atoms with Crippen molar-refractivity contribution < 1.29 is 0 Å². The number of fused-ring (bicyclic) bond motifs is 1. The first-order valence-corrected chi connectivity index (χ1v) is 5.65. The number of nitrogen functional groups attached to an aromatic ring is 1. The molecule has 2 rings (SSSR count). The zero-order valence-corrected chi connectivity index (χ0v) is 9.37. The summed E-state index contributed by atoms with van der Waals surface area (Å²) >= 11 is 1.60. The zero-order valence-electron chi connectivity index (χ0n) is 8.55. The topological polar surface area (TPSA) is 49.8 Å². The van der Waals surface area contributed by atoms with E-state index in [2.05, 4.69) is 19.9 Å². The maximum Gasteiger partial charge on any atom is 0.104 e. The van der Waals surface area contributed by atoms with E-state index in [0.717, 1.165) is 18.4 Å². The van der Waals surface area contributed by atoms with Crippen molar-refractivity contribution >= 4 is 16.3 Å². The molecule has 0 atom stereocenters. The Labute approximate surface area is 88.4 Å². The highest BCUT2D eigenvalue weighted by Crippen LogP contribution is 2.42. The Balaban J connectivity index is 2.50. The van der Waals surface area contributed by atoms with Crippen LogP contribution in [0.2, 0.25) is 0 Å². The normalized spacial score (nSPS) is 18.6. The van der Waals surface area contributed by atoms with Gasteiger partial charge in [-0.25, -0.2) is 0 Å². The minimum atomic E-state index is 0.326. The molecule has 0 radical (unpaired) electrons. The monoisotopic (exact) mass is 206 g/mol. The van der Waals surface area contributed by atoms with Gasteiger partial charge < -0.3 is 5.73 Å². The molecule has 2 N–H and O–H groups in total. The molecule has 0 saturated heterocycles. The van der Waals surface area contributed by atoms with E-state index in [-0.39, 0.29) is 0 Å². The summed E-state index contributed by atoms with van der Waals surface area (Å²) in [6.45, 7) is 4.51. The first-order chi connectivity index (χ1) is 6.53. The van der Waals surface area contributed by atoms with Gasteiger partial charge in [0.25, 0.3) is 0 Å². The molecular weight excluding hydrogens is 192 g/mol. The molecule has 0 aliphatic heterocycles. The van der Waals surface area contributed by atoms with E-state index in [4.69, 9.17) is 11.0 Å². The lowest BCUT2D eigenvalue weighted by Gasteiger charge is -2.29. The molecule has 0 spiro atoms. The second-order valence-corrected chi connectivity index (χ2v) is 5.83. The molecule has 3 heteroatoms. The molecule has 1 aromatic heterocycles. The van der Waals surface area contributed by atoms with Crippen molar-refractivity contribution in [2.75, 3.05) is 5.73 Å². The minimum Gasteiger partial charge on any atom is -0.389 e. The molecule has 0 bridgehead atoms. The molecule has 14 heavy (non-hydrogen) atoms. The Morgan fingerprint density at radius 1 is 1.50 bits per heavy atom. The Morgan fingerprint density at radius 2 is 2.21 bits per heavy atom. The van der Waals surface area contributed by atoms with Crippen LogP contribution in [-0.2, 0) is 12.8 Å². The summed E-state index contributed by atoms with van der Waals surface area (Å²) in [5.74, 6) is 0. The van der Waals surface area contributed by atoms with Crippen LogP contribution in [0.4, 0.5) is 5.00 Å². The second kappa shape index (κ2) is 2.99. The van der Waals surface area contributed by atoms with Crippen LogP contribution >= 0.6 is 11.3 Å². The van der Waals surface area contributed by atoms with Gasteiger partial charge in [0, 0.05) is 4.88 Å². The number of anilines is 1. The van der Waals surface area contributed by atoms with Crippen LogP contribution in [0.15, 0.2) is 0 Å². The third-order valence-corrected chi connectivity index (χ3v) is 4.03. The smallest absolute Gasteiger partial charge is 0.104 e. The molecule has 1 aliphatic rings. The number of thiophene rings is 1. The van der Waals surface area contributed by atoms with E-state index in [1.165, 1.54) is 16.9 Å². The minimum absolute atomic E-state index is 0.326. The third-order valence-electron chi connectivity index (χ3n) is 2.91. The SMILES string of the molecule is CC1(C)CCc2sc(N)c(C#N)c2C1. The van der Waals surface area contributed by atoms with Gasteiger partial charge in [0.2, 0.25) is 0 Å². The van der Waals surface area contributed by atoms with E-state index in [0.29, 0.717) is 10.4 Å². The summed E-state index contributed by atoms with van der Waals surface area (Å²) in [5.41, 5.74) is 8.09. The molecule has 1 heterocycles. The quantitative estimate of drug-likeness (QED) is 0.709. The zero-order chi connectivity index (χ0) is 10.3. The van der Waals surface area contributed by atoms with Crippen LogP contribution in [0, 0.1) is 16.7 Å². The highest BCUT2D eigenvalue weighted by Gasteiger charge is 2.29. The lowest BCUT2D eigenvalue weighted by atomic mass is 9.76. The predicted octanol–water partition coefficient (Wildman–Crippen LogP) is 2.72. The van der Waals surface area contributed by atoms with Gasteiger partial charge in [0.05, 0.1) is 5.56 Å². The first kappa shape index (κ1) is 9.54. The highest BCUT2D eigenvalue weighted by atomic mass is 32.1. The average Bonchev–Trinajstić information content (AvgIpc) is 2.39. The van der Waals surface area contributed by atoms with Gasteiger partial charge in [-0.2, -0.15) is 5.26 Å². The van der Waals surface area contributed by atoms with Crippen molar-refractivity contribution in [3.8, 4) is 6.07 Å². The van der Waals surface area contributed by atoms with Crippen LogP contribution in [0.25, 0.3) is 0 Å². The lowest BCUT2D eigenvalue weighted by molar-refractivity contribution is 0.317. The van der Waals surface area contributed by atoms with E-state index in [1.54, 1.807) is 11.3 Å². The van der Waals surface area contributed by atoms with Crippen molar-refractivity contribution in [3.63, 3.8) is 0 Å². The number of aryl methyl sites for hydroxylation is 1. The van der Waals surface area contributed by atoms with Crippen LogP contribution in [0.3, 0.4) is 0 Å². The fraction of sp³-hybridized carbons (Fsp3) is 0.545. The van der Waals surface area contributed by atoms with E-state index in [9.17, 15) is 0 Å². The van der Waals surface area contributed by atoms with Gasteiger partial charge in [-0.3, -0.25) is 0 Å². The summed E-state index contributed by atoms with van der Waals surface area (Å²) < 4.78 is 0. The number of hydrogen-bond acceptors (Lipinski definition) is 3. The van der Waals surface area contributed by atoms with Gasteiger partial charge in [-0.05, 0) is 30.2 Å². The number of rotatable bonds is 0. The number of nitriles is 1. The van der Waals surface area contributed by atoms with E-state index < -0.39 is 0 Å². The standard InChI is InChI=1S/C11H14N2S/c1-11(2)4-3-9-7(5-11)8(6-12)10(13)14-9/h3-5,13H2,1-2H3. The van der Waals surface area contributed by atoms with Crippen molar-refractivity contribution in [1.82, 2.24) is 0 Å². The molecular formula is C11H14N2S. The fourth-order valence-corrected chi connectivity index (χ4v) is 3.10. The van der Waals surface area contributed by atoms with Crippen LogP contribution < -0.4 is 5.73 Å². The molecule has 1 aromatic rings. The molecule has 2 nitrogen and oxygen atoms in total. The molecule has 1 aliphatic carbocycles. The Morgan fingerprint density at radius 3 is 2.86 bits per heavy atom. The van der Waals surface area contributed by atoms with Crippen LogP contribution in [0.5, 0.6) is 0 Å². The van der Waals surface area contributed by atoms with Crippen molar-refractivity contribution in [2.24, 2.45) is 5.41 Å². The molecule has 74 valence electrons. The van der Waals surface area contributed by atoms with Crippen LogP contribution in [-0.4, -0.2) is 0 Å². The maximum absolute atomic E-state index is 9.01. The Bertz CT molecular complexity index is 410. The number of nitrogens with zero attached hydrogens (tertiary/aromatic N) is 1. The average molecular weight is 206 g/mol. The molecule has 0 unspecified atom stereocenters. The predicted molar refractivity (Wildman–Crippen MR) is 59.3 cm³/mol. The summed E-state index contributed by atoms with van der Waals surface area (Å²) in [5, 5.41) is 9.71. The number of hydrogen-bond donors (Lipinski definition) is 1. The summed E-state index contributed by atoms with van der Waals surface area (Å²) in [4.78, 5) is 1.33. The highest BCUT2D eigenvalue weighted by molar-refractivity contribution is 7.16.